The fourth-order valence-corrected chi connectivity index (χ4v) is 2.42. The van der Waals surface area contributed by atoms with E-state index in [1.807, 2.05) is 4.90 Å². The fourth-order valence-electron chi connectivity index (χ4n) is 1.22. The van der Waals surface area contributed by atoms with Crippen LogP contribution in [-0.2, 0) is 9.84 Å². The Kier molecular flexibility index (Phi) is 3.10. The Hall–Kier alpha value is -0.820. The number of guanidine groups is 1. The van der Waals surface area contributed by atoms with Crippen LogP contribution in [0.2, 0.25) is 0 Å². The zero-order valence-electron chi connectivity index (χ0n) is 7.52. The summed E-state index contributed by atoms with van der Waals surface area (Å²) in [5.74, 6) is 6.10. The van der Waals surface area contributed by atoms with E-state index < -0.39 is 9.84 Å². The summed E-state index contributed by atoms with van der Waals surface area (Å²) in [5.41, 5.74) is 2.43. The molecule has 7 heteroatoms. The van der Waals surface area contributed by atoms with Crippen molar-refractivity contribution < 1.29 is 8.42 Å². The van der Waals surface area contributed by atoms with E-state index >= 15 is 0 Å². The van der Waals surface area contributed by atoms with Gasteiger partial charge in [-0.15, -0.1) is 0 Å². The van der Waals surface area contributed by atoms with Crippen LogP contribution in [0.1, 0.15) is 0 Å². The molecule has 6 nitrogen and oxygen atoms in total. The van der Waals surface area contributed by atoms with Crippen molar-refractivity contribution in [2.45, 2.75) is 0 Å². The Morgan fingerprint density at radius 1 is 1.46 bits per heavy atom. The van der Waals surface area contributed by atoms with Crippen LogP contribution in [0.15, 0.2) is 4.99 Å². The van der Waals surface area contributed by atoms with E-state index in [2.05, 4.69) is 10.4 Å². The average Bonchev–Trinajstić information content (AvgIpc) is 2.09. The molecule has 1 rings (SSSR count). The molecule has 0 aromatic heterocycles. The van der Waals surface area contributed by atoms with E-state index in [9.17, 15) is 8.42 Å². The first kappa shape index (κ1) is 10.3. The lowest BCUT2D eigenvalue weighted by molar-refractivity contribution is 0.427. The summed E-state index contributed by atoms with van der Waals surface area (Å²) in [4.78, 5) is 5.71. The molecule has 76 valence electrons. The molecular weight excluding hydrogens is 192 g/mol. The van der Waals surface area contributed by atoms with Crippen LogP contribution >= 0.6 is 0 Å². The molecule has 0 atom stereocenters. The average molecular weight is 206 g/mol. The molecule has 1 aliphatic rings. The molecule has 13 heavy (non-hydrogen) atoms. The third-order valence-corrected chi connectivity index (χ3v) is 3.59. The number of nitrogens with zero attached hydrogens (tertiary/aromatic N) is 2. The van der Waals surface area contributed by atoms with Gasteiger partial charge in [-0.3, -0.25) is 10.4 Å². The second kappa shape index (κ2) is 3.93. The standard InChI is InChI=1S/C6H14N4O2S/c1-8-6(9-7)10-2-4-13(11,12)5-3-10/h2-5,7H2,1H3,(H,8,9). The van der Waals surface area contributed by atoms with Crippen LogP contribution in [0.25, 0.3) is 0 Å². The van der Waals surface area contributed by atoms with Gasteiger partial charge in [0.1, 0.15) is 0 Å². The number of hydrogen-bond acceptors (Lipinski definition) is 4. The predicted octanol–water partition coefficient (Wildman–Crippen LogP) is -1.83. The molecule has 0 spiro atoms. The summed E-state index contributed by atoms with van der Waals surface area (Å²) >= 11 is 0. The van der Waals surface area contributed by atoms with Crippen LogP contribution in [0, 0.1) is 0 Å². The maximum Gasteiger partial charge on any atom is 0.208 e. The maximum absolute atomic E-state index is 11.1. The Morgan fingerprint density at radius 3 is 2.38 bits per heavy atom. The molecule has 3 N–H and O–H groups in total. The molecule has 1 heterocycles. The number of hydrazine groups is 1. The van der Waals surface area contributed by atoms with Crippen LogP contribution in [0.4, 0.5) is 0 Å². The van der Waals surface area contributed by atoms with Gasteiger partial charge in [-0.1, -0.05) is 0 Å². The van der Waals surface area contributed by atoms with Crippen LogP contribution in [-0.4, -0.2) is 50.9 Å². The summed E-state index contributed by atoms with van der Waals surface area (Å²) in [7, 11) is -1.22. The summed E-state index contributed by atoms with van der Waals surface area (Å²) in [5, 5.41) is 0. The molecule has 1 saturated heterocycles. The van der Waals surface area contributed by atoms with Gasteiger partial charge in [0.25, 0.3) is 0 Å². The largest absolute Gasteiger partial charge is 0.340 e. The van der Waals surface area contributed by atoms with Crippen LogP contribution in [0.5, 0.6) is 0 Å². The zero-order chi connectivity index (χ0) is 9.90. The molecule has 0 aromatic rings. The lowest BCUT2D eigenvalue weighted by Gasteiger charge is -2.28. The van der Waals surface area contributed by atoms with Crippen molar-refractivity contribution in [3.8, 4) is 0 Å². The van der Waals surface area contributed by atoms with Gasteiger partial charge in [-0.05, 0) is 0 Å². The fraction of sp³-hybridized carbons (Fsp3) is 0.833. The Balaban J connectivity index is 2.59. The highest BCUT2D eigenvalue weighted by atomic mass is 32.2. The minimum Gasteiger partial charge on any atom is -0.340 e. The van der Waals surface area contributed by atoms with Crippen LogP contribution in [0.3, 0.4) is 0 Å². The van der Waals surface area contributed by atoms with E-state index in [-0.39, 0.29) is 11.5 Å². The monoisotopic (exact) mass is 206 g/mol. The second-order valence-electron chi connectivity index (χ2n) is 2.83. The lowest BCUT2D eigenvalue weighted by atomic mass is 10.5. The van der Waals surface area contributed by atoms with E-state index in [1.165, 1.54) is 0 Å². The van der Waals surface area contributed by atoms with Gasteiger partial charge in [0.2, 0.25) is 5.96 Å². The number of rotatable bonds is 0. The molecule has 0 saturated carbocycles. The molecule has 1 fully saturated rings. The molecular formula is C6H14N4O2S. The topological polar surface area (TPSA) is 87.8 Å². The van der Waals surface area contributed by atoms with Crippen molar-refractivity contribution >= 4 is 15.8 Å². The minimum absolute atomic E-state index is 0.174. The minimum atomic E-state index is -2.83. The van der Waals surface area contributed by atoms with Crippen molar-refractivity contribution in [2.24, 2.45) is 10.8 Å². The van der Waals surface area contributed by atoms with Gasteiger partial charge >= 0.3 is 0 Å². The highest BCUT2D eigenvalue weighted by Gasteiger charge is 2.22. The van der Waals surface area contributed by atoms with Gasteiger partial charge in [0, 0.05) is 20.1 Å². The van der Waals surface area contributed by atoms with Crippen molar-refractivity contribution in [2.75, 3.05) is 31.6 Å². The molecule has 0 aromatic carbocycles. The van der Waals surface area contributed by atoms with E-state index in [0.717, 1.165) is 0 Å². The maximum atomic E-state index is 11.1. The Bertz CT molecular complexity index is 284. The smallest absolute Gasteiger partial charge is 0.208 e. The predicted molar refractivity (Wildman–Crippen MR) is 50.9 cm³/mol. The van der Waals surface area contributed by atoms with E-state index in [4.69, 9.17) is 5.84 Å². The van der Waals surface area contributed by atoms with Gasteiger partial charge < -0.3 is 4.90 Å². The first-order chi connectivity index (χ1) is 6.09. The Morgan fingerprint density at radius 2 is 2.00 bits per heavy atom. The van der Waals surface area contributed by atoms with E-state index in [1.54, 1.807) is 7.05 Å². The number of nitrogens with one attached hydrogen (secondary N) is 1. The molecule has 0 radical (unpaired) electrons. The SMILES string of the molecule is CN=C(NN)N1CCS(=O)(=O)CC1. The summed E-state index contributed by atoms with van der Waals surface area (Å²) < 4.78 is 22.2. The van der Waals surface area contributed by atoms with Gasteiger partial charge in [0.15, 0.2) is 9.84 Å². The molecule has 0 aliphatic carbocycles. The Labute approximate surface area is 77.7 Å². The van der Waals surface area contributed by atoms with Crippen LogP contribution < -0.4 is 11.3 Å². The third-order valence-electron chi connectivity index (χ3n) is 1.98. The van der Waals surface area contributed by atoms with Gasteiger partial charge in [-0.2, -0.15) is 0 Å². The lowest BCUT2D eigenvalue weighted by Crippen LogP contribution is -2.51. The molecule has 0 unspecified atom stereocenters. The van der Waals surface area contributed by atoms with E-state index in [0.29, 0.717) is 19.0 Å². The normalized spacial score (nSPS) is 22.9. The number of nitrogens with two attached hydrogens (primary N) is 1. The summed E-state index contributed by atoms with van der Waals surface area (Å²) in [6.45, 7) is 0.915. The highest BCUT2D eigenvalue weighted by molar-refractivity contribution is 7.91. The molecule has 1 aliphatic heterocycles. The zero-order valence-corrected chi connectivity index (χ0v) is 8.34. The number of sulfone groups is 1. The first-order valence-electron chi connectivity index (χ1n) is 3.98. The highest BCUT2D eigenvalue weighted by Crippen LogP contribution is 2.03. The second-order valence-corrected chi connectivity index (χ2v) is 5.13. The van der Waals surface area contributed by atoms with Gasteiger partial charge in [0.05, 0.1) is 11.5 Å². The summed E-state index contributed by atoms with van der Waals surface area (Å²) in [6, 6.07) is 0. The van der Waals surface area contributed by atoms with Crippen molar-refractivity contribution in [3.05, 3.63) is 0 Å². The van der Waals surface area contributed by atoms with Crippen molar-refractivity contribution in [3.63, 3.8) is 0 Å². The van der Waals surface area contributed by atoms with Crippen molar-refractivity contribution in [1.29, 1.82) is 0 Å². The summed E-state index contributed by atoms with van der Waals surface area (Å²) in [6.07, 6.45) is 0. The molecule has 0 bridgehead atoms. The molecule has 0 amide bonds. The first-order valence-corrected chi connectivity index (χ1v) is 5.80. The van der Waals surface area contributed by atoms with Crippen molar-refractivity contribution in [1.82, 2.24) is 10.3 Å². The third kappa shape index (κ3) is 2.56. The number of hydrogen-bond donors (Lipinski definition) is 2. The quantitative estimate of drug-likeness (QED) is 0.210. The number of aliphatic imine (C=N–C) groups is 1. The van der Waals surface area contributed by atoms with Gasteiger partial charge in [-0.25, -0.2) is 14.3 Å².